The summed E-state index contributed by atoms with van der Waals surface area (Å²) < 4.78 is 1.78. The molecule has 108 valence electrons. The van der Waals surface area contributed by atoms with Crippen LogP contribution in [0, 0.1) is 0 Å². The van der Waals surface area contributed by atoms with Gasteiger partial charge in [0.1, 0.15) is 5.82 Å². The highest BCUT2D eigenvalue weighted by Gasteiger charge is 2.07. The smallest absolute Gasteiger partial charge is 0.226 e. The molecule has 2 aromatic rings. The summed E-state index contributed by atoms with van der Waals surface area (Å²) in [5.41, 5.74) is 1.15. The van der Waals surface area contributed by atoms with Crippen LogP contribution in [0.1, 0.15) is 12.0 Å². The number of amides is 1. The number of nitrogens with one attached hydrogen (secondary N) is 2. The SMILES string of the molecule is CNCCC(=O)Nc1ccnn1Cc1ccccc1.Cl. The third-order valence-corrected chi connectivity index (χ3v) is 2.76. The van der Waals surface area contributed by atoms with Crippen molar-refractivity contribution in [2.45, 2.75) is 13.0 Å². The van der Waals surface area contributed by atoms with E-state index in [2.05, 4.69) is 15.7 Å². The standard InChI is InChI=1S/C14H18N4O.ClH/c1-15-9-8-14(19)17-13-7-10-16-18(13)11-12-5-3-2-4-6-12;/h2-7,10,15H,8-9,11H2,1H3,(H,17,19);1H. The lowest BCUT2D eigenvalue weighted by molar-refractivity contribution is -0.116. The average Bonchev–Trinajstić information content (AvgIpc) is 2.85. The first kappa shape index (κ1) is 16.2. The number of halogens is 1. The van der Waals surface area contributed by atoms with E-state index in [-0.39, 0.29) is 18.3 Å². The Kier molecular flexibility index (Phi) is 6.76. The molecule has 0 saturated carbocycles. The van der Waals surface area contributed by atoms with Crippen molar-refractivity contribution in [2.24, 2.45) is 0 Å². The number of benzene rings is 1. The first-order chi connectivity index (χ1) is 9.29. The van der Waals surface area contributed by atoms with Crippen LogP contribution in [0.2, 0.25) is 0 Å². The van der Waals surface area contributed by atoms with Crippen molar-refractivity contribution in [3.63, 3.8) is 0 Å². The van der Waals surface area contributed by atoms with Gasteiger partial charge in [0, 0.05) is 19.0 Å². The Bertz CT molecular complexity index is 527. The molecule has 1 heterocycles. The van der Waals surface area contributed by atoms with E-state index in [0.29, 0.717) is 19.5 Å². The molecule has 2 N–H and O–H groups in total. The number of aromatic nitrogens is 2. The van der Waals surface area contributed by atoms with Crippen molar-refractivity contribution in [1.82, 2.24) is 15.1 Å². The topological polar surface area (TPSA) is 59.0 Å². The summed E-state index contributed by atoms with van der Waals surface area (Å²) in [6.07, 6.45) is 2.14. The molecule has 0 aliphatic heterocycles. The van der Waals surface area contributed by atoms with E-state index in [1.807, 2.05) is 37.4 Å². The number of anilines is 1. The van der Waals surface area contributed by atoms with Gasteiger partial charge in [0.15, 0.2) is 0 Å². The Hall–Kier alpha value is -1.85. The average molecular weight is 295 g/mol. The van der Waals surface area contributed by atoms with Crippen molar-refractivity contribution in [1.29, 1.82) is 0 Å². The minimum Gasteiger partial charge on any atom is -0.319 e. The molecule has 0 unspecified atom stereocenters. The van der Waals surface area contributed by atoms with Crippen LogP contribution in [-0.2, 0) is 11.3 Å². The number of rotatable bonds is 6. The molecule has 0 aliphatic carbocycles. The molecule has 5 nitrogen and oxygen atoms in total. The van der Waals surface area contributed by atoms with Crippen LogP contribution < -0.4 is 10.6 Å². The molecular weight excluding hydrogens is 276 g/mol. The molecule has 6 heteroatoms. The highest BCUT2D eigenvalue weighted by Crippen LogP contribution is 2.10. The van der Waals surface area contributed by atoms with Crippen LogP contribution in [0.3, 0.4) is 0 Å². The molecule has 0 bridgehead atoms. The summed E-state index contributed by atoms with van der Waals surface area (Å²) >= 11 is 0. The highest BCUT2D eigenvalue weighted by molar-refractivity contribution is 5.89. The van der Waals surface area contributed by atoms with Crippen LogP contribution in [0.5, 0.6) is 0 Å². The lowest BCUT2D eigenvalue weighted by Gasteiger charge is -2.09. The number of carbonyl (C=O) groups excluding carboxylic acids is 1. The molecular formula is C14H19ClN4O. The fourth-order valence-corrected chi connectivity index (χ4v) is 1.77. The summed E-state index contributed by atoms with van der Waals surface area (Å²) in [6.45, 7) is 1.31. The first-order valence-corrected chi connectivity index (χ1v) is 6.30. The molecule has 20 heavy (non-hydrogen) atoms. The van der Waals surface area contributed by atoms with Crippen LogP contribution in [0.4, 0.5) is 5.82 Å². The number of nitrogens with zero attached hydrogens (tertiary/aromatic N) is 2. The molecule has 0 spiro atoms. The largest absolute Gasteiger partial charge is 0.319 e. The third kappa shape index (κ3) is 4.68. The minimum atomic E-state index is -0.0100. The van der Waals surface area contributed by atoms with Crippen molar-refractivity contribution < 1.29 is 4.79 Å². The van der Waals surface area contributed by atoms with Gasteiger partial charge in [-0.2, -0.15) is 5.10 Å². The normalized spacial score (nSPS) is 9.85. The maximum absolute atomic E-state index is 11.7. The minimum absolute atomic E-state index is 0. The monoisotopic (exact) mass is 294 g/mol. The van der Waals surface area contributed by atoms with Gasteiger partial charge in [-0.3, -0.25) is 4.79 Å². The predicted molar refractivity (Wildman–Crippen MR) is 82.2 cm³/mol. The van der Waals surface area contributed by atoms with Crippen LogP contribution in [0.15, 0.2) is 42.6 Å². The maximum atomic E-state index is 11.7. The van der Waals surface area contributed by atoms with Gasteiger partial charge >= 0.3 is 0 Å². The lowest BCUT2D eigenvalue weighted by atomic mass is 10.2. The summed E-state index contributed by atoms with van der Waals surface area (Å²) in [4.78, 5) is 11.7. The molecule has 0 aliphatic rings. The Labute approximate surface area is 124 Å². The fraction of sp³-hybridized carbons (Fsp3) is 0.286. The summed E-state index contributed by atoms with van der Waals surface area (Å²) in [7, 11) is 1.83. The van der Waals surface area contributed by atoms with Gasteiger partial charge < -0.3 is 10.6 Å². The molecule has 2 rings (SSSR count). The zero-order chi connectivity index (χ0) is 13.5. The van der Waals surface area contributed by atoms with E-state index < -0.39 is 0 Å². The van der Waals surface area contributed by atoms with Crippen molar-refractivity contribution >= 4 is 24.1 Å². The third-order valence-electron chi connectivity index (χ3n) is 2.76. The quantitative estimate of drug-likeness (QED) is 0.855. The van der Waals surface area contributed by atoms with Gasteiger partial charge in [-0.1, -0.05) is 30.3 Å². The lowest BCUT2D eigenvalue weighted by Crippen LogP contribution is -2.20. The molecule has 0 saturated heterocycles. The summed E-state index contributed by atoms with van der Waals surface area (Å²) in [5.74, 6) is 0.717. The van der Waals surface area contributed by atoms with Crippen molar-refractivity contribution in [2.75, 3.05) is 18.9 Å². The highest BCUT2D eigenvalue weighted by atomic mass is 35.5. The van der Waals surface area contributed by atoms with Crippen LogP contribution in [0.25, 0.3) is 0 Å². The molecule has 1 aromatic heterocycles. The van der Waals surface area contributed by atoms with Gasteiger partial charge in [-0.15, -0.1) is 12.4 Å². The first-order valence-electron chi connectivity index (χ1n) is 6.30. The molecule has 0 radical (unpaired) electrons. The second-order valence-electron chi connectivity index (χ2n) is 4.26. The molecule has 1 amide bonds. The van der Waals surface area contributed by atoms with Gasteiger partial charge in [0.05, 0.1) is 12.7 Å². The zero-order valence-corrected chi connectivity index (χ0v) is 12.2. The number of hydrogen-bond acceptors (Lipinski definition) is 3. The van der Waals surface area contributed by atoms with Gasteiger partial charge in [-0.25, -0.2) is 4.68 Å². The van der Waals surface area contributed by atoms with Gasteiger partial charge in [0.25, 0.3) is 0 Å². The van der Waals surface area contributed by atoms with Crippen molar-refractivity contribution in [3.8, 4) is 0 Å². The van der Waals surface area contributed by atoms with E-state index >= 15 is 0 Å². The van der Waals surface area contributed by atoms with Gasteiger partial charge in [0.2, 0.25) is 5.91 Å². The van der Waals surface area contributed by atoms with E-state index in [1.54, 1.807) is 16.9 Å². The number of hydrogen-bond donors (Lipinski definition) is 2. The Morgan fingerprint density at radius 3 is 2.70 bits per heavy atom. The Morgan fingerprint density at radius 1 is 1.25 bits per heavy atom. The number of carbonyl (C=O) groups is 1. The Balaban J connectivity index is 0.00000200. The fourth-order valence-electron chi connectivity index (χ4n) is 1.77. The van der Waals surface area contributed by atoms with E-state index in [9.17, 15) is 4.79 Å². The molecule has 1 aromatic carbocycles. The summed E-state index contributed by atoms with van der Waals surface area (Å²) in [6, 6.07) is 11.8. The second-order valence-corrected chi connectivity index (χ2v) is 4.26. The molecule has 0 atom stereocenters. The van der Waals surface area contributed by atoms with Crippen molar-refractivity contribution in [3.05, 3.63) is 48.2 Å². The maximum Gasteiger partial charge on any atom is 0.226 e. The van der Waals surface area contributed by atoms with Crippen LogP contribution >= 0.6 is 12.4 Å². The van der Waals surface area contributed by atoms with E-state index in [0.717, 1.165) is 11.4 Å². The van der Waals surface area contributed by atoms with E-state index in [4.69, 9.17) is 0 Å². The Morgan fingerprint density at radius 2 is 2.00 bits per heavy atom. The van der Waals surface area contributed by atoms with Crippen LogP contribution in [-0.4, -0.2) is 29.3 Å². The molecule has 0 fully saturated rings. The second kappa shape index (κ2) is 8.35. The van der Waals surface area contributed by atoms with Gasteiger partial charge in [-0.05, 0) is 12.6 Å². The van der Waals surface area contributed by atoms with E-state index in [1.165, 1.54) is 0 Å². The summed E-state index contributed by atoms with van der Waals surface area (Å²) in [5, 5.41) is 10.0. The predicted octanol–water partition coefficient (Wildman–Crippen LogP) is 1.90. The zero-order valence-electron chi connectivity index (χ0n) is 11.4.